The molecule has 3 heterocycles. The van der Waals surface area contributed by atoms with Crippen molar-refractivity contribution in [3.63, 3.8) is 0 Å². The summed E-state index contributed by atoms with van der Waals surface area (Å²) in [5.74, 6) is -7.94. The van der Waals surface area contributed by atoms with Crippen LogP contribution >= 0.6 is 0 Å². The highest BCUT2D eigenvalue weighted by atomic mass is 16.6. The number of amides is 1. The number of aliphatic hydroxyl groups is 3. The van der Waals surface area contributed by atoms with Crippen molar-refractivity contribution in [2.75, 3.05) is 41.1 Å². The number of cyclic esters (lactones) is 1. The van der Waals surface area contributed by atoms with Crippen LogP contribution in [-0.2, 0) is 52.4 Å². The minimum Gasteiger partial charge on any atom is -0.460 e. The second-order valence-corrected chi connectivity index (χ2v) is 20.2. The highest BCUT2D eigenvalue weighted by molar-refractivity contribution is 6.39. The van der Waals surface area contributed by atoms with Gasteiger partial charge < -0.3 is 48.6 Å². The van der Waals surface area contributed by atoms with Crippen molar-refractivity contribution in [1.82, 2.24) is 4.90 Å². The number of rotatable bonds is 9. The first kappa shape index (κ1) is 57.2. The molecule has 4 aliphatic rings. The van der Waals surface area contributed by atoms with Gasteiger partial charge in [-0.2, -0.15) is 0 Å². The highest BCUT2D eigenvalue weighted by Crippen LogP contribution is 2.38. The van der Waals surface area contributed by atoms with Crippen LogP contribution in [-0.4, -0.2) is 145 Å². The van der Waals surface area contributed by atoms with Gasteiger partial charge in [-0.1, -0.05) is 71.1 Å². The maximum absolute atomic E-state index is 14.5. The fourth-order valence-corrected chi connectivity index (χ4v) is 10.5. The molecule has 2 bridgehead atoms. The molecule has 1 saturated carbocycles. The first-order chi connectivity index (χ1) is 32.3. The summed E-state index contributed by atoms with van der Waals surface area (Å²) in [5.41, 5.74) is 1.19. The lowest BCUT2D eigenvalue weighted by Crippen LogP contribution is -2.61. The Balaban J connectivity index is 1.70. The summed E-state index contributed by atoms with van der Waals surface area (Å²) in [7, 11) is 4.59. The molecule has 15 heteroatoms. The average Bonchev–Trinajstić information content (AvgIpc) is 3.32. The Morgan fingerprint density at radius 3 is 2.28 bits per heavy atom. The Kier molecular flexibility index (Phi) is 22.9. The Morgan fingerprint density at radius 1 is 0.868 bits per heavy atom. The minimum atomic E-state index is -2.43. The van der Waals surface area contributed by atoms with Gasteiger partial charge in [-0.3, -0.25) is 19.2 Å². The number of aliphatic hydroxyl groups excluding tert-OH is 2. The van der Waals surface area contributed by atoms with Gasteiger partial charge in [-0.25, -0.2) is 4.79 Å². The number of esters is 1. The number of piperidine rings is 1. The largest absolute Gasteiger partial charge is 0.460 e. The zero-order valence-electron chi connectivity index (χ0n) is 42.4. The van der Waals surface area contributed by atoms with E-state index in [1.165, 1.54) is 12.0 Å². The topological polar surface area (TPSA) is 205 Å². The molecule has 0 aromatic carbocycles. The monoisotopic (exact) mass is 958 g/mol. The van der Waals surface area contributed by atoms with Crippen LogP contribution in [0, 0.1) is 35.5 Å². The number of hydrogen-bond acceptors (Lipinski definition) is 14. The van der Waals surface area contributed by atoms with E-state index in [-0.39, 0.29) is 74.1 Å². The lowest BCUT2D eigenvalue weighted by Gasteiger charge is -2.42. The zero-order valence-corrected chi connectivity index (χ0v) is 42.4. The molecule has 384 valence electrons. The van der Waals surface area contributed by atoms with Crippen molar-refractivity contribution in [2.24, 2.45) is 35.5 Å². The van der Waals surface area contributed by atoms with E-state index in [1.807, 2.05) is 58.1 Å². The molecule has 3 N–H and O–H groups in total. The van der Waals surface area contributed by atoms with Gasteiger partial charge in [0.1, 0.15) is 18.2 Å². The van der Waals surface area contributed by atoms with Gasteiger partial charge in [0.2, 0.25) is 5.79 Å². The molecule has 0 radical (unpaired) electrons. The summed E-state index contributed by atoms with van der Waals surface area (Å²) in [6, 6.07) is -1.15. The molecule has 15 atom stereocenters. The highest BCUT2D eigenvalue weighted by Gasteiger charge is 2.53. The molecule has 3 aliphatic heterocycles. The number of fused-ring (bicyclic) bond motifs is 3. The molecule has 15 nitrogen and oxygen atoms in total. The predicted molar refractivity (Wildman–Crippen MR) is 256 cm³/mol. The Labute approximate surface area is 405 Å². The van der Waals surface area contributed by atoms with Gasteiger partial charge in [-0.15, -0.1) is 0 Å². The van der Waals surface area contributed by atoms with Crippen LogP contribution in [0.25, 0.3) is 0 Å². The molecule has 3 fully saturated rings. The maximum Gasteiger partial charge on any atom is 0.329 e. The third-order valence-corrected chi connectivity index (χ3v) is 14.9. The summed E-state index contributed by atoms with van der Waals surface area (Å²) in [6.07, 6.45) is 12.0. The molecule has 1 aliphatic carbocycles. The van der Waals surface area contributed by atoms with E-state index >= 15 is 0 Å². The van der Waals surface area contributed by atoms with Crippen molar-refractivity contribution >= 4 is 29.2 Å². The summed E-state index contributed by atoms with van der Waals surface area (Å²) in [6.45, 7) is 12.9. The molecular formula is C53H83NO14. The first-order valence-electron chi connectivity index (χ1n) is 25.0. The molecule has 1 amide bonds. The van der Waals surface area contributed by atoms with Crippen molar-refractivity contribution in [3.8, 4) is 0 Å². The number of allylic oxidation sites excluding steroid dienone is 6. The number of Topliss-reactive ketones (excluding diaryl/α,β-unsaturated/α-hetero) is 3. The van der Waals surface area contributed by atoms with Gasteiger partial charge in [0.15, 0.2) is 11.6 Å². The Morgan fingerprint density at radius 2 is 1.60 bits per heavy atom. The van der Waals surface area contributed by atoms with Gasteiger partial charge in [0, 0.05) is 58.5 Å². The number of methoxy groups -OCH3 is 3. The first-order valence-corrected chi connectivity index (χ1v) is 25.0. The van der Waals surface area contributed by atoms with Crippen molar-refractivity contribution in [1.29, 1.82) is 0 Å². The molecule has 0 spiro atoms. The van der Waals surface area contributed by atoms with Crippen LogP contribution in [0.15, 0.2) is 47.6 Å². The number of carbonyl (C=O) groups is 5. The van der Waals surface area contributed by atoms with E-state index in [0.717, 1.165) is 12.0 Å². The Bertz CT molecular complexity index is 1810. The molecule has 4 unspecified atom stereocenters. The van der Waals surface area contributed by atoms with E-state index in [0.29, 0.717) is 63.4 Å². The van der Waals surface area contributed by atoms with E-state index in [4.69, 9.17) is 28.4 Å². The second-order valence-electron chi connectivity index (χ2n) is 20.2. The molecule has 68 heavy (non-hydrogen) atoms. The lowest BCUT2D eigenvalue weighted by atomic mass is 9.78. The van der Waals surface area contributed by atoms with Crippen molar-refractivity contribution < 1.29 is 67.7 Å². The van der Waals surface area contributed by atoms with E-state index < -0.39 is 77.8 Å². The quantitative estimate of drug-likeness (QED) is 0.174. The smallest absolute Gasteiger partial charge is 0.329 e. The summed E-state index contributed by atoms with van der Waals surface area (Å²) >= 11 is 0. The molecule has 0 aromatic rings. The van der Waals surface area contributed by atoms with Gasteiger partial charge in [-0.05, 0) is 107 Å². The molecule has 0 aromatic heterocycles. The standard InChI is InChI=1S/C53H83NO14/c1-32-16-12-11-13-17-33(2)44(63-8)30-40-21-19-38(7)53(62,68-40)50(59)51(60)54-23-15-14-18-41(54)52(61)67-45(35(4)28-39-20-22-43(66-25-24-55)46(29-39)64-9)31-42(56)34(3)27-37(6)48(58)49(65-10)47(57)36(5)26-32/h11-13,16-17,27,32,35-41,43-46,48-49,55,58,62H,14-15,18-26,28-31H2,1-10H3/t32-,35-,36?,37?,38-,39+,40?,41+,43-,44+,45+,46-,48-,49?,53-/m1/s1. The maximum atomic E-state index is 14.5. The number of hydrogen-bond donors (Lipinski definition) is 3. The number of nitrogens with zero attached hydrogens (tertiary/aromatic N) is 1. The van der Waals surface area contributed by atoms with Gasteiger partial charge in [0.25, 0.3) is 11.7 Å². The van der Waals surface area contributed by atoms with Crippen LogP contribution in [0.5, 0.6) is 0 Å². The minimum absolute atomic E-state index is 0.0185. The zero-order chi connectivity index (χ0) is 50.3. The lowest BCUT2D eigenvalue weighted by molar-refractivity contribution is -0.265. The van der Waals surface area contributed by atoms with Crippen LogP contribution in [0.4, 0.5) is 0 Å². The molecular weight excluding hydrogens is 875 g/mol. The van der Waals surface area contributed by atoms with Gasteiger partial charge >= 0.3 is 5.97 Å². The van der Waals surface area contributed by atoms with Crippen LogP contribution in [0.2, 0.25) is 0 Å². The average molecular weight is 958 g/mol. The van der Waals surface area contributed by atoms with Crippen molar-refractivity contribution in [2.45, 2.75) is 180 Å². The van der Waals surface area contributed by atoms with Crippen molar-refractivity contribution in [3.05, 3.63) is 47.6 Å². The SMILES string of the molecule is COC1C(=O)C(C)C[C@H](C)C=CC=CC=C(C)[C@@H](OC)CC2CC[C@@H](C)[C@@](O)(O2)C(=O)C(=O)N2CCCC[C@H]2C(=O)O[C@H]([C@H](C)C[C@@H]2CC[C@@H](OCCO)[C@H](OC)C2)CC(=O)C(C)=CC(C)[C@H]1O. The molecule has 4 rings (SSSR count). The number of ether oxygens (including phenoxy) is 6. The van der Waals surface area contributed by atoms with E-state index in [1.54, 1.807) is 41.1 Å². The Hall–Kier alpha value is -3.41. The fourth-order valence-electron chi connectivity index (χ4n) is 10.5. The second kappa shape index (κ2) is 27.3. The molecule has 2 saturated heterocycles. The van der Waals surface area contributed by atoms with Crippen LogP contribution < -0.4 is 0 Å². The van der Waals surface area contributed by atoms with E-state index in [9.17, 15) is 39.3 Å². The normalized spacial score (nSPS) is 36.7. The fraction of sp³-hybridized carbons (Fsp3) is 0.755. The van der Waals surface area contributed by atoms with Gasteiger partial charge in [0.05, 0.1) is 43.7 Å². The third kappa shape index (κ3) is 15.3. The van der Waals surface area contributed by atoms with E-state index in [2.05, 4.69) is 0 Å². The summed E-state index contributed by atoms with van der Waals surface area (Å²) < 4.78 is 35.6. The van der Waals surface area contributed by atoms with Crippen LogP contribution in [0.1, 0.15) is 126 Å². The summed E-state index contributed by atoms with van der Waals surface area (Å²) in [5, 5.41) is 32.8. The summed E-state index contributed by atoms with van der Waals surface area (Å²) in [4.78, 5) is 72.1. The number of ketones is 3. The predicted octanol–water partition coefficient (Wildman–Crippen LogP) is 6.20. The van der Waals surface area contributed by atoms with Crippen LogP contribution in [0.3, 0.4) is 0 Å². The third-order valence-electron chi connectivity index (χ3n) is 14.9. The number of carbonyl (C=O) groups excluding carboxylic acids is 5.